The maximum Gasteiger partial charge on any atom is 0.255 e. The molecule has 0 radical (unpaired) electrons. The first-order chi connectivity index (χ1) is 15.7. The number of halogens is 1. The van der Waals surface area contributed by atoms with Crippen molar-refractivity contribution in [2.75, 3.05) is 31.1 Å². The minimum absolute atomic E-state index is 0.0483. The Morgan fingerprint density at radius 3 is 2.61 bits per heavy atom. The molecule has 2 aliphatic rings. The first-order valence-electron chi connectivity index (χ1n) is 11.4. The van der Waals surface area contributed by atoms with Gasteiger partial charge in [-0.25, -0.2) is 9.37 Å². The summed E-state index contributed by atoms with van der Waals surface area (Å²) >= 11 is 0. The average molecular weight is 452 g/mol. The van der Waals surface area contributed by atoms with Gasteiger partial charge in [0.15, 0.2) is 17.4 Å². The molecule has 1 saturated heterocycles. The van der Waals surface area contributed by atoms with Gasteiger partial charge in [-0.3, -0.25) is 9.59 Å². The van der Waals surface area contributed by atoms with Crippen molar-refractivity contribution in [1.29, 1.82) is 0 Å². The Balaban J connectivity index is 1.59. The number of allylic oxidation sites excluding steroid dienone is 1. The summed E-state index contributed by atoms with van der Waals surface area (Å²) in [6, 6.07) is 7.48. The van der Waals surface area contributed by atoms with Crippen LogP contribution in [-0.4, -0.2) is 53.5 Å². The van der Waals surface area contributed by atoms with Crippen molar-refractivity contribution in [2.45, 2.75) is 45.7 Å². The summed E-state index contributed by atoms with van der Waals surface area (Å²) in [5, 5.41) is 0. The second-order valence-corrected chi connectivity index (χ2v) is 9.06. The van der Waals surface area contributed by atoms with Gasteiger partial charge in [0, 0.05) is 30.5 Å². The van der Waals surface area contributed by atoms with E-state index >= 15 is 0 Å². The number of amides is 1. The number of aromatic nitrogens is 1. The number of piperidine rings is 1. The van der Waals surface area contributed by atoms with Crippen molar-refractivity contribution < 1.29 is 18.7 Å². The number of aryl methyl sites for hydroxylation is 1. The summed E-state index contributed by atoms with van der Waals surface area (Å²) in [6.07, 6.45) is 2.95. The largest absolute Gasteiger partial charge is 0.488 e. The summed E-state index contributed by atoms with van der Waals surface area (Å²) in [7, 11) is 0. The molecule has 2 aliphatic heterocycles. The van der Waals surface area contributed by atoms with Crippen molar-refractivity contribution >= 4 is 23.2 Å². The number of Topliss-reactive ketones (excluding diaryl/α,β-unsaturated/α-hetero) is 1. The monoisotopic (exact) mass is 451 g/mol. The lowest BCUT2D eigenvalue weighted by Gasteiger charge is -2.34. The van der Waals surface area contributed by atoms with Crippen LogP contribution in [0, 0.1) is 0 Å². The van der Waals surface area contributed by atoms with Crippen LogP contribution in [0.5, 0.6) is 5.75 Å². The molecule has 1 aromatic carbocycles. The first-order valence-corrected chi connectivity index (χ1v) is 11.4. The van der Waals surface area contributed by atoms with Gasteiger partial charge in [0.25, 0.3) is 5.91 Å². The number of hydrogen-bond acceptors (Lipinski definition) is 5. The lowest BCUT2D eigenvalue weighted by Crippen LogP contribution is -2.43. The highest BCUT2D eigenvalue weighted by molar-refractivity contribution is 6.09. The molecule has 7 heteroatoms. The molecule has 0 N–H and O–H groups in total. The Labute approximate surface area is 194 Å². The van der Waals surface area contributed by atoms with Crippen LogP contribution in [0.25, 0.3) is 0 Å². The summed E-state index contributed by atoms with van der Waals surface area (Å²) < 4.78 is 19.9. The van der Waals surface area contributed by atoms with E-state index in [0.29, 0.717) is 73.8 Å². The third-order valence-corrected chi connectivity index (χ3v) is 6.41. The molecule has 1 amide bonds. The molecule has 1 aromatic heterocycles. The Kier molecular flexibility index (Phi) is 6.23. The second kappa shape index (κ2) is 8.96. The molecule has 3 heterocycles. The SMILES string of the molecule is C=C(C)C(=O)c1ccc(N2CCOc3cc(C(=O)N4CCC(C)(F)CC4)cnc32)cc1CC. The van der Waals surface area contributed by atoms with Gasteiger partial charge in [0.05, 0.1) is 12.1 Å². The second-order valence-electron chi connectivity index (χ2n) is 9.06. The van der Waals surface area contributed by atoms with E-state index in [9.17, 15) is 14.0 Å². The van der Waals surface area contributed by atoms with E-state index in [0.717, 1.165) is 11.3 Å². The number of hydrogen-bond donors (Lipinski definition) is 0. The van der Waals surface area contributed by atoms with Crippen LogP contribution < -0.4 is 9.64 Å². The van der Waals surface area contributed by atoms with Gasteiger partial charge < -0.3 is 14.5 Å². The van der Waals surface area contributed by atoms with Gasteiger partial charge in [0.1, 0.15) is 12.3 Å². The predicted octanol–water partition coefficient (Wildman–Crippen LogP) is 4.90. The summed E-state index contributed by atoms with van der Waals surface area (Å²) in [5.41, 5.74) is 2.27. The maximum absolute atomic E-state index is 14.1. The number of alkyl halides is 1. The van der Waals surface area contributed by atoms with Crippen molar-refractivity contribution in [2.24, 2.45) is 0 Å². The zero-order chi connectivity index (χ0) is 23.8. The van der Waals surface area contributed by atoms with Gasteiger partial charge in [-0.05, 0) is 68.5 Å². The van der Waals surface area contributed by atoms with Gasteiger partial charge in [-0.2, -0.15) is 0 Å². The number of benzene rings is 1. The van der Waals surface area contributed by atoms with E-state index in [-0.39, 0.29) is 11.7 Å². The predicted molar refractivity (Wildman–Crippen MR) is 126 cm³/mol. The smallest absolute Gasteiger partial charge is 0.255 e. The van der Waals surface area contributed by atoms with E-state index in [1.54, 1.807) is 31.0 Å². The maximum atomic E-state index is 14.1. The van der Waals surface area contributed by atoms with Gasteiger partial charge in [0.2, 0.25) is 0 Å². The highest BCUT2D eigenvalue weighted by atomic mass is 19.1. The van der Waals surface area contributed by atoms with Crippen LogP contribution >= 0.6 is 0 Å². The summed E-state index contributed by atoms with van der Waals surface area (Å²) in [4.78, 5) is 33.7. The van der Waals surface area contributed by atoms with Crippen LogP contribution in [0.3, 0.4) is 0 Å². The number of anilines is 2. The van der Waals surface area contributed by atoms with Crippen LogP contribution in [0.4, 0.5) is 15.9 Å². The van der Waals surface area contributed by atoms with Crippen molar-refractivity contribution in [3.8, 4) is 5.75 Å². The number of ether oxygens (including phenoxy) is 1. The minimum atomic E-state index is -1.21. The Morgan fingerprint density at radius 2 is 1.94 bits per heavy atom. The number of carbonyl (C=O) groups excluding carboxylic acids is 2. The zero-order valence-electron chi connectivity index (χ0n) is 19.5. The van der Waals surface area contributed by atoms with Crippen molar-refractivity contribution in [3.05, 3.63) is 59.3 Å². The summed E-state index contributed by atoms with van der Waals surface area (Å²) in [6.45, 7) is 10.9. The molecule has 0 saturated carbocycles. The fourth-order valence-corrected chi connectivity index (χ4v) is 4.32. The minimum Gasteiger partial charge on any atom is -0.488 e. The molecule has 0 aliphatic carbocycles. The average Bonchev–Trinajstić information content (AvgIpc) is 2.82. The third-order valence-electron chi connectivity index (χ3n) is 6.41. The molecule has 1 fully saturated rings. The highest BCUT2D eigenvalue weighted by Gasteiger charge is 2.32. The molecule has 2 aromatic rings. The van der Waals surface area contributed by atoms with Gasteiger partial charge in [-0.15, -0.1) is 0 Å². The van der Waals surface area contributed by atoms with E-state index in [4.69, 9.17) is 4.74 Å². The normalized spacial score (nSPS) is 17.2. The number of fused-ring (bicyclic) bond motifs is 1. The number of likely N-dealkylation sites (tertiary alicyclic amines) is 1. The van der Waals surface area contributed by atoms with Crippen LogP contribution in [0.2, 0.25) is 0 Å². The number of pyridine rings is 1. The van der Waals surface area contributed by atoms with Crippen molar-refractivity contribution in [3.63, 3.8) is 0 Å². The van der Waals surface area contributed by atoms with Gasteiger partial charge >= 0.3 is 0 Å². The number of rotatable bonds is 5. The Hall–Kier alpha value is -3.22. The Bertz CT molecular complexity index is 1100. The first kappa shape index (κ1) is 23.0. The molecule has 0 unspecified atom stereocenters. The number of carbonyl (C=O) groups is 2. The molecule has 33 heavy (non-hydrogen) atoms. The van der Waals surface area contributed by atoms with Crippen LogP contribution in [0.1, 0.15) is 59.9 Å². The standard InChI is InChI=1S/C26H30FN3O3/c1-5-18-14-20(6-7-21(18)23(31)17(2)3)30-12-13-33-22-15-19(16-28-24(22)30)25(32)29-10-8-26(4,27)9-11-29/h6-7,14-16H,2,5,8-13H2,1,3-4H3. The molecule has 174 valence electrons. The van der Waals surface area contributed by atoms with E-state index in [1.807, 2.05) is 30.0 Å². The molecular formula is C26H30FN3O3. The van der Waals surface area contributed by atoms with Crippen LogP contribution in [0.15, 0.2) is 42.6 Å². The van der Waals surface area contributed by atoms with E-state index in [1.165, 1.54) is 0 Å². The lowest BCUT2D eigenvalue weighted by atomic mass is 9.95. The highest BCUT2D eigenvalue weighted by Crippen LogP contribution is 2.37. The number of ketones is 1. The quantitative estimate of drug-likeness (QED) is 0.478. The molecule has 4 rings (SSSR count). The van der Waals surface area contributed by atoms with E-state index in [2.05, 4.69) is 11.6 Å². The van der Waals surface area contributed by atoms with Crippen molar-refractivity contribution in [1.82, 2.24) is 9.88 Å². The molecule has 0 bridgehead atoms. The molecule has 0 spiro atoms. The molecule has 6 nitrogen and oxygen atoms in total. The molecule has 0 atom stereocenters. The van der Waals surface area contributed by atoms with E-state index < -0.39 is 5.67 Å². The zero-order valence-corrected chi connectivity index (χ0v) is 19.5. The lowest BCUT2D eigenvalue weighted by molar-refractivity contribution is 0.0503. The third kappa shape index (κ3) is 4.63. The fraction of sp³-hybridized carbons (Fsp3) is 0.423. The van der Waals surface area contributed by atoms with Gasteiger partial charge in [-0.1, -0.05) is 13.5 Å². The Morgan fingerprint density at radius 1 is 1.21 bits per heavy atom. The van der Waals surface area contributed by atoms with Crippen LogP contribution in [-0.2, 0) is 6.42 Å². The summed E-state index contributed by atoms with van der Waals surface area (Å²) in [5.74, 6) is 0.971. The topological polar surface area (TPSA) is 62.7 Å². The molecular weight excluding hydrogens is 421 g/mol. The number of nitrogens with zero attached hydrogens (tertiary/aromatic N) is 3. The fourth-order valence-electron chi connectivity index (χ4n) is 4.32.